The van der Waals surface area contributed by atoms with Crippen molar-refractivity contribution < 1.29 is 19.1 Å². The smallest absolute Gasteiger partial charge is 0.326 e. The first-order valence-corrected chi connectivity index (χ1v) is 7.34. The lowest BCUT2D eigenvalue weighted by molar-refractivity contribution is -0.143. The van der Waals surface area contributed by atoms with Crippen molar-refractivity contribution in [3.63, 3.8) is 0 Å². The van der Waals surface area contributed by atoms with Crippen molar-refractivity contribution in [2.75, 3.05) is 0 Å². The molecule has 0 saturated heterocycles. The summed E-state index contributed by atoms with van der Waals surface area (Å²) in [4.78, 5) is 27.3. The third-order valence-electron chi connectivity index (χ3n) is 2.91. The maximum atomic E-state index is 11.9. The first-order chi connectivity index (χ1) is 9.97. The Bertz CT molecular complexity index is 619. The molecule has 2 aromatic heterocycles. The molecule has 112 valence electrons. The second kappa shape index (κ2) is 6.53. The van der Waals surface area contributed by atoms with Crippen LogP contribution in [-0.4, -0.2) is 28.0 Å². The van der Waals surface area contributed by atoms with E-state index in [1.165, 1.54) is 11.3 Å². The SMILES string of the molecule is CC(C)[C@@H](NC(=O)Cc1csc(-c2ccoc2)n1)C(=O)O. The number of carbonyl (C=O) groups excluding carboxylic acids is 1. The monoisotopic (exact) mass is 308 g/mol. The van der Waals surface area contributed by atoms with E-state index in [9.17, 15) is 9.59 Å². The summed E-state index contributed by atoms with van der Waals surface area (Å²) in [7, 11) is 0. The minimum atomic E-state index is -1.03. The zero-order chi connectivity index (χ0) is 15.4. The van der Waals surface area contributed by atoms with Crippen LogP contribution >= 0.6 is 11.3 Å². The number of rotatable bonds is 6. The van der Waals surface area contributed by atoms with Crippen LogP contribution in [0.25, 0.3) is 10.6 Å². The number of carboxylic acid groups (broad SMARTS) is 1. The largest absolute Gasteiger partial charge is 0.480 e. The highest BCUT2D eigenvalue weighted by Crippen LogP contribution is 2.24. The van der Waals surface area contributed by atoms with Gasteiger partial charge in [0.05, 0.1) is 18.4 Å². The Morgan fingerprint density at radius 3 is 2.81 bits per heavy atom. The molecular weight excluding hydrogens is 292 g/mol. The van der Waals surface area contributed by atoms with Crippen LogP contribution < -0.4 is 5.32 Å². The van der Waals surface area contributed by atoms with Crippen molar-refractivity contribution in [1.29, 1.82) is 0 Å². The van der Waals surface area contributed by atoms with E-state index in [0.29, 0.717) is 5.69 Å². The molecule has 0 bridgehead atoms. The molecule has 21 heavy (non-hydrogen) atoms. The molecule has 1 atom stereocenters. The van der Waals surface area contributed by atoms with Crippen molar-refractivity contribution in [2.45, 2.75) is 26.3 Å². The lowest BCUT2D eigenvalue weighted by Gasteiger charge is -2.17. The molecule has 7 heteroatoms. The number of furan rings is 1. The number of nitrogens with zero attached hydrogens (tertiary/aromatic N) is 1. The lowest BCUT2D eigenvalue weighted by Crippen LogP contribution is -2.44. The average molecular weight is 308 g/mol. The van der Waals surface area contributed by atoms with Gasteiger partial charge in [-0.1, -0.05) is 13.8 Å². The number of hydrogen-bond donors (Lipinski definition) is 2. The highest BCUT2D eigenvalue weighted by Gasteiger charge is 2.23. The first kappa shape index (κ1) is 15.2. The first-order valence-electron chi connectivity index (χ1n) is 6.46. The van der Waals surface area contributed by atoms with E-state index in [4.69, 9.17) is 9.52 Å². The minimum absolute atomic E-state index is 0.0604. The van der Waals surface area contributed by atoms with Gasteiger partial charge in [-0.3, -0.25) is 4.79 Å². The van der Waals surface area contributed by atoms with Crippen LogP contribution in [0.1, 0.15) is 19.5 Å². The van der Waals surface area contributed by atoms with Gasteiger partial charge in [0.25, 0.3) is 0 Å². The van der Waals surface area contributed by atoms with Gasteiger partial charge in [0.2, 0.25) is 5.91 Å². The van der Waals surface area contributed by atoms with E-state index in [1.54, 1.807) is 37.8 Å². The molecule has 0 aliphatic carbocycles. The molecular formula is C14H16N2O4S. The number of carbonyl (C=O) groups is 2. The summed E-state index contributed by atoms with van der Waals surface area (Å²) in [6, 6.07) is 0.909. The van der Waals surface area contributed by atoms with E-state index in [2.05, 4.69) is 10.3 Å². The molecule has 0 unspecified atom stereocenters. The second-order valence-corrected chi connectivity index (χ2v) is 5.82. The highest BCUT2D eigenvalue weighted by molar-refractivity contribution is 7.13. The Kier molecular flexibility index (Phi) is 4.74. The molecule has 0 saturated carbocycles. The van der Waals surface area contributed by atoms with Gasteiger partial charge in [-0.05, 0) is 12.0 Å². The molecule has 0 aliphatic rings. The summed E-state index contributed by atoms with van der Waals surface area (Å²) >= 11 is 1.41. The Balaban J connectivity index is 1.98. The molecule has 2 aromatic rings. The van der Waals surface area contributed by atoms with E-state index < -0.39 is 12.0 Å². The quantitative estimate of drug-likeness (QED) is 0.853. The molecule has 2 N–H and O–H groups in total. The molecule has 2 rings (SSSR count). The maximum absolute atomic E-state index is 11.9. The van der Waals surface area contributed by atoms with Crippen LogP contribution in [0.3, 0.4) is 0 Å². The molecule has 0 radical (unpaired) electrons. The zero-order valence-electron chi connectivity index (χ0n) is 11.7. The Labute approximate surface area is 125 Å². The summed E-state index contributed by atoms with van der Waals surface area (Å²) in [6.07, 6.45) is 3.20. The summed E-state index contributed by atoms with van der Waals surface area (Å²) in [5, 5.41) is 14.1. The minimum Gasteiger partial charge on any atom is -0.480 e. The Morgan fingerprint density at radius 2 is 2.24 bits per heavy atom. The van der Waals surface area contributed by atoms with Gasteiger partial charge < -0.3 is 14.8 Å². The fourth-order valence-electron chi connectivity index (χ4n) is 1.81. The molecule has 0 spiro atoms. The van der Waals surface area contributed by atoms with Crippen LogP contribution in [0.15, 0.2) is 28.4 Å². The molecule has 6 nitrogen and oxygen atoms in total. The van der Waals surface area contributed by atoms with E-state index in [1.807, 2.05) is 0 Å². The topological polar surface area (TPSA) is 92.4 Å². The fraction of sp³-hybridized carbons (Fsp3) is 0.357. The molecule has 1 amide bonds. The standard InChI is InChI=1S/C14H16N2O4S/c1-8(2)12(14(18)19)16-11(17)5-10-7-21-13(15-10)9-3-4-20-6-9/h3-4,6-8,12H,5H2,1-2H3,(H,16,17)(H,18,19)/t12-/m1/s1. The van der Waals surface area contributed by atoms with Crippen molar-refractivity contribution in [1.82, 2.24) is 10.3 Å². The summed E-state index contributed by atoms with van der Waals surface area (Å²) in [5.41, 5.74) is 1.47. The van der Waals surface area contributed by atoms with Crippen molar-refractivity contribution in [2.24, 2.45) is 5.92 Å². The van der Waals surface area contributed by atoms with Gasteiger partial charge in [0.1, 0.15) is 17.3 Å². The number of aliphatic carboxylic acids is 1. The third kappa shape index (κ3) is 3.91. The lowest BCUT2D eigenvalue weighted by atomic mass is 10.0. The average Bonchev–Trinajstić information content (AvgIpc) is 3.05. The fourth-order valence-corrected chi connectivity index (χ4v) is 2.62. The molecule has 0 aromatic carbocycles. The number of hydrogen-bond acceptors (Lipinski definition) is 5. The number of aromatic nitrogens is 1. The predicted molar refractivity (Wildman–Crippen MR) is 77.9 cm³/mol. The number of thiazole rings is 1. The summed E-state index contributed by atoms with van der Waals surface area (Å²) < 4.78 is 4.99. The van der Waals surface area contributed by atoms with Crippen molar-refractivity contribution in [3.05, 3.63) is 29.7 Å². The van der Waals surface area contributed by atoms with Gasteiger partial charge in [-0.2, -0.15) is 0 Å². The van der Waals surface area contributed by atoms with Crippen LogP contribution in [0.4, 0.5) is 0 Å². The summed E-state index contributed by atoms with van der Waals surface area (Å²) in [6.45, 7) is 3.50. The molecule has 0 fully saturated rings. The Morgan fingerprint density at radius 1 is 1.48 bits per heavy atom. The highest BCUT2D eigenvalue weighted by atomic mass is 32.1. The van der Waals surface area contributed by atoms with Gasteiger partial charge in [-0.25, -0.2) is 9.78 Å². The van der Waals surface area contributed by atoms with E-state index >= 15 is 0 Å². The van der Waals surface area contributed by atoms with Crippen LogP contribution in [0.2, 0.25) is 0 Å². The zero-order valence-corrected chi connectivity index (χ0v) is 12.5. The number of carboxylic acids is 1. The van der Waals surface area contributed by atoms with Crippen LogP contribution in [0.5, 0.6) is 0 Å². The number of nitrogens with one attached hydrogen (secondary N) is 1. The van der Waals surface area contributed by atoms with Gasteiger partial charge in [0, 0.05) is 10.9 Å². The summed E-state index contributed by atoms with van der Waals surface area (Å²) in [5.74, 6) is -1.56. The van der Waals surface area contributed by atoms with Crippen LogP contribution in [-0.2, 0) is 16.0 Å². The van der Waals surface area contributed by atoms with Gasteiger partial charge in [0.15, 0.2) is 0 Å². The van der Waals surface area contributed by atoms with Crippen molar-refractivity contribution >= 4 is 23.2 Å². The third-order valence-corrected chi connectivity index (χ3v) is 3.85. The second-order valence-electron chi connectivity index (χ2n) is 4.96. The van der Waals surface area contributed by atoms with Crippen molar-refractivity contribution in [3.8, 4) is 10.6 Å². The molecule has 2 heterocycles. The maximum Gasteiger partial charge on any atom is 0.326 e. The normalized spacial score (nSPS) is 12.3. The molecule has 0 aliphatic heterocycles. The van der Waals surface area contributed by atoms with Gasteiger partial charge in [-0.15, -0.1) is 11.3 Å². The number of amides is 1. The van der Waals surface area contributed by atoms with Gasteiger partial charge >= 0.3 is 5.97 Å². The van der Waals surface area contributed by atoms with E-state index in [-0.39, 0.29) is 18.2 Å². The predicted octanol–water partition coefficient (Wildman–Crippen LogP) is 2.17. The van der Waals surface area contributed by atoms with E-state index in [0.717, 1.165) is 10.6 Å². The van der Waals surface area contributed by atoms with Crippen LogP contribution in [0, 0.1) is 5.92 Å². The Hall–Kier alpha value is -2.15.